The van der Waals surface area contributed by atoms with Crippen LogP contribution in [0.2, 0.25) is 0 Å². The summed E-state index contributed by atoms with van der Waals surface area (Å²) in [5, 5.41) is 3.15. The Balaban J connectivity index is 1.93. The van der Waals surface area contributed by atoms with Crippen molar-refractivity contribution in [2.75, 3.05) is 19.7 Å². The van der Waals surface area contributed by atoms with Crippen LogP contribution in [0.15, 0.2) is 12.7 Å². The molecule has 1 N–H and O–H groups in total. The van der Waals surface area contributed by atoms with Crippen LogP contribution in [-0.4, -0.2) is 48.1 Å². The van der Waals surface area contributed by atoms with Crippen molar-refractivity contribution in [2.45, 2.75) is 57.1 Å². The second kappa shape index (κ2) is 7.07. The third-order valence-electron chi connectivity index (χ3n) is 4.63. The lowest BCUT2D eigenvalue weighted by atomic mass is 9.70. The molecule has 2 fully saturated rings. The average molecular weight is 294 g/mol. The van der Waals surface area contributed by atoms with Gasteiger partial charge in [0, 0.05) is 13.2 Å². The van der Waals surface area contributed by atoms with Crippen LogP contribution in [0.5, 0.6) is 0 Å². The van der Waals surface area contributed by atoms with E-state index < -0.39 is 0 Å². The van der Waals surface area contributed by atoms with Crippen LogP contribution in [0.25, 0.3) is 0 Å². The van der Waals surface area contributed by atoms with Crippen molar-refractivity contribution in [3.05, 3.63) is 12.7 Å². The zero-order valence-electron chi connectivity index (χ0n) is 12.9. The van der Waals surface area contributed by atoms with E-state index in [1.54, 1.807) is 0 Å². The maximum absolute atomic E-state index is 12.3. The Labute approximate surface area is 126 Å². The van der Waals surface area contributed by atoms with Gasteiger partial charge in [0.05, 0.1) is 18.2 Å². The van der Waals surface area contributed by atoms with Crippen molar-refractivity contribution in [2.24, 2.45) is 0 Å². The smallest absolute Gasteiger partial charge is 0.246 e. The summed E-state index contributed by atoms with van der Waals surface area (Å²) in [6, 6.07) is 0. The second-order valence-corrected chi connectivity index (χ2v) is 5.97. The number of nitrogens with zero attached hydrogens (tertiary/aromatic N) is 1. The van der Waals surface area contributed by atoms with E-state index >= 15 is 0 Å². The van der Waals surface area contributed by atoms with Gasteiger partial charge in [-0.3, -0.25) is 9.59 Å². The molecular formula is C16H26N2O3. The Morgan fingerprint density at radius 2 is 2.14 bits per heavy atom. The minimum atomic E-state index is -0.204. The third kappa shape index (κ3) is 3.64. The van der Waals surface area contributed by atoms with Gasteiger partial charge >= 0.3 is 0 Å². The maximum Gasteiger partial charge on any atom is 0.246 e. The molecule has 0 spiro atoms. The summed E-state index contributed by atoms with van der Waals surface area (Å²) in [7, 11) is 0. The fourth-order valence-electron chi connectivity index (χ4n) is 3.23. The number of hydrogen-bond donors (Lipinski definition) is 1. The van der Waals surface area contributed by atoms with Gasteiger partial charge in [-0.05, 0) is 51.5 Å². The van der Waals surface area contributed by atoms with Crippen LogP contribution in [-0.2, 0) is 14.3 Å². The molecule has 1 saturated carbocycles. The van der Waals surface area contributed by atoms with E-state index in [-0.39, 0.29) is 30.0 Å². The van der Waals surface area contributed by atoms with Gasteiger partial charge in [-0.1, -0.05) is 6.58 Å². The minimum Gasteiger partial charge on any atom is -0.376 e. The van der Waals surface area contributed by atoms with E-state index in [1.807, 2.05) is 6.92 Å². The van der Waals surface area contributed by atoms with Gasteiger partial charge in [-0.2, -0.15) is 0 Å². The van der Waals surface area contributed by atoms with Crippen molar-refractivity contribution in [1.82, 2.24) is 10.2 Å². The summed E-state index contributed by atoms with van der Waals surface area (Å²) < 4.78 is 5.87. The van der Waals surface area contributed by atoms with E-state index in [4.69, 9.17) is 4.74 Å². The molecule has 21 heavy (non-hydrogen) atoms. The molecule has 1 unspecified atom stereocenters. The van der Waals surface area contributed by atoms with Gasteiger partial charge < -0.3 is 15.0 Å². The van der Waals surface area contributed by atoms with Crippen molar-refractivity contribution < 1.29 is 14.3 Å². The first-order valence-corrected chi connectivity index (χ1v) is 7.95. The molecule has 1 saturated heterocycles. The van der Waals surface area contributed by atoms with Crippen molar-refractivity contribution >= 4 is 11.8 Å². The van der Waals surface area contributed by atoms with E-state index in [9.17, 15) is 9.59 Å². The fraction of sp³-hybridized carbons (Fsp3) is 0.750. The Hall–Kier alpha value is -1.36. The number of carbonyl (C=O) groups excluding carboxylic acids is 2. The Morgan fingerprint density at radius 3 is 2.62 bits per heavy atom. The zero-order chi connectivity index (χ0) is 15.3. The van der Waals surface area contributed by atoms with Gasteiger partial charge in [-0.25, -0.2) is 0 Å². The number of likely N-dealkylation sites (N-methyl/N-ethyl adjacent to an activating group) is 1. The molecule has 2 rings (SSSR count). The number of rotatable bonds is 6. The summed E-state index contributed by atoms with van der Waals surface area (Å²) in [5.41, 5.74) is -0.200. The summed E-state index contributed by atoms with van der Waals surface area (Å²) in [6.45, 7) is 6.72. The molecule has 5 nitrogen and oxygen atoms in total. The first-order chi connectivity index (χ1) is 10.1. The van der Waals surface area contributed by atoms with Crippen molar-refractivity contribution in [1.29, 1.82) is 0 Å². The quantitative estimate of drug-likeness (QED) is 0.758. The second-order valence-electron chi connectivity index (χ2n) is 5.97. The fourth-order valence-corrected chi connectivity index (χ4v) is 3.23. The van der Waals surface area contributed by atoms with E-state index in [2.05, 4.69) is 11.9 Å². The largest absolute Gasteiger partial charge is 0.376 e. The molecule has 2 aliphatic rings. The molecular weight excluding hydrogens is 268 g/mol. The maximum atomic E-state index is 12.3. The van der Waals surface area contributed by atoms with E-state index in [1.165, 1.54) is 17.4 Å². The Kier molecular flexibility index (Phi) is 5.39. The van der Waals surface area contributed by atoms with Crippen LogP contribution in [0, 0.1) is 0 Å². The monoisotopic (exact) mass is 294 g/mol. The predicted octanol–water partition coefficient (Wildman–Crippen LogP) is 1.63. The van der Waals surface area contributed by atoms with Crippen LogP contribution < -0.4 is 5.32 Å². The van der Waals surface area contributed by atoms with Gasteiger partial charge in [0.2, 0.25) is 11.8 Å². The van der Waals surface area contributed by atoms with Crippen LogP contribution in [0.1, 0.15) is 45.4 Å². The van der Waals surface area contributed by atoms with Crippen molar-refractivity contribution in [3.8, 4) is 0 Å². The molecule has 1 heterocycles. The number of carbonyl (C=O) groups is 2. The first kappa shape index (κ1) is 16.0. The summed E-state index contributed by atoms with van der Waals surface area (Å²) in [4.78, 5) is 25.4. The first-order valence-electron chi connectivity index (χ1n) is 7.95. The van der Waals surface area contributed by atoms with Crippen LogP contribution in [0.4, 0.5) is 0 Å². The average Bonchev–Trinajstić information content (AvgIpc) is 2.48. The lowest BCUT2D eigenvalue weighted by Gasteiger charge is -2.49. The number of hydrogen-bond acceptors (Lipinski definition) is 3. The topological polar surface area (TPSA) is 58.6 Å². The highest BCUT2D eigenvalue weighted by Gasteiger charge is 2.46. The number of nitrogens with one attached hydrogen (secondary N) is 1. The number of amides is 2. The molecule has 2 amide bonds. The van der Waals surface area contributed by atoms with Gasteiger partial charge in [-0.15, -0.1) is 0 Å². The molecule has 1 aliphatic carbocycles. The SMILES string of the molecule is C=CC(=O)N(CC)CC(=O)NC1(C2CCCCO2)CCC1. The summed E-state index contributed by atoms with van der Waals surface area (Å²) in [6.07, 6.45) is 7.76. The Bertz CT molecular complexity index is 398. The molecule has 0 aromatic rings. The van der Waals surface area contributed by atoms with Crippen molar-refractivity contribution in [3.63, 3.8) is 0 Å². The van der Waals surface area contributed by atoms with Gasteiger partial charge in [0.15, 0.2) is 0 Å². The lowest BCUT2D eigenvalue weighted by molar-refractivity contribution is -0.137. The lowest BCUT2D eigenvalue weighted by Crippen LogP contribution is -2.63. The minimum absolute atomic E-state index is 0.0931. The number of ether oxygens (including phenoxy) is 1. The summed E-state index contributed by atoms with van der Waals surface area (Å²) >= 11 is 0. The van der Waals surface area contributed by atoms with E-state index in [0.29, 0.717) is 6.54 Å². The molecule has 118 valence electrons. The highest BCUT2D eigenvalue weighted by atomic mass is 16.5. The van der Waals surface area contributed by atoms with Gasteiger partial charge in [0.1, 0.15) is 0 Å². The standard InChI is InChI=1S/C16H26N2O3/c1-3-15(20)18(4-2)12-14(19)17-16(9-7-10-16)13-8-5-6-11-21-13/h3,13H,1,4-12H2,2H3,(H,17,19). The predicted molar refractivity (Wildman–Crippen MR) is 80.8 cm³/mol. The molecule has 1 aliphatic heterocycles. The Morgan fingerprint density at radius 1 is 1.38 bits per heavy atom. The highest BCUT2D eigenvalue weighted by molar-refractivity contribution is 5.91. The van der Waals surface area contributed by atoms with E-state index in [0.717, 1.165) is 38.7 Å². The summed E-state index contributed by atoms with van der Waals surface area (Å²) in [5.74, 6) is -0.301. The van der Waals surface area contributed by atoms with Gasteiger partial charge in [0.25, 0.3) is 0 Å². The molecule has 1 atom stereocenters. The third-order valence-corrected chi connectivity index (χ3v) is 4.63. The molecule has 0 bridgehead atoms. The van der Waals surface area contributed by atoms with Crippen LogP contribution in [0.3, 0.4) is 0 Å². The normalized spacial score (nSPS) is 23.8. The molecule has 0 aromatic carbocycles. The zero-order valence-corrected chi connectivity index (χ0v) is 12.9. The molecule has 5 heteroatoms. The molecule has 0 radical (unpaired) electrons. The highest BCUT2D eigenvalue weighted by Crippen LogP contribution is 2.39. The van der Waals surface area contributed by atoms with Crippen LogP contribution >= 0.6 is 0 Å². The molecule has 0 aromatic heterocycles.